The van der Waals surface area contributed by atoms with Crippen LogP contribution in [0.1, 0.15) is 0 Å². The summed E-state index contributed by atoms with van der Waals surface area (Å²) in [6.45, 7) is 0. The molecule has 10 heavy (non-hydrogen) atoms. The number of para-hydroxylation sites is 1. The van der Waals surface area contributed by atoms with Crippen LogP contribution in [-0.2, 0) is 0 Å². The minimum absolute atomic E-state index is 0.678. The smallest absolute Gasteiger partial charge is 0.0960 e. The van der Waals surface area contributed by atoms with E-state index in [4.69, 9.17) is 5.21 Å². The Bertz CT molecular complexity index is 212. The third-order valence-electron chi connectivity index (χ3n) is 1.12. The molecule has 0 atom stereocenters. The summed E-state index contributed by atoms with van der Waals surface area (Å²) in [6, 6.07) is 9.07. The molecule has 0 aliphatic heterocycles. The molecule has 1 N–H and O–H groups in total. The molecule has 0 bridgehead atoms. The number of nitrogens with zero attached hydrogens (tertiary/aromatic N) is 1. The zero-order valence-electron chi connectivity index (χ0n) is 5.27. The Hall–Kier alpha value is -0.930. The molecular formula is C7H7NOS. The summed E-state index contributed by atoms with van der Waals surface area (Å²) >= 11 is 4.51. The van der Waals surface area contributed by atoms with Gasteiger partial charge in [-0.05, 0) is 12.1 Å². The second-order valence-corrected chi connectivity index (χ2v) is 2.00. The van der Waals surface area contributed by atoms with Crippen molar-refractivity contribution >= 4 is 23.4 Å². The van der Waals surface area contributed by atoms with Crippen molar-refractivity contribution in [1.29, 1.82) is 0 Å². The largest absolute Gasteiger partial charge is 0.283 e. The van der Waals surface area contributed by atoms with Gasteiger partial charge in [-0.25, -0.2) is 5.06 Å². The Morgan fingerprint density at radius 3 is 2.40 bits per heavy atom. The fourth-order valence-corrected chi connectivity index (χ4v) is 0.763. The predicted molar refractivity (Wildman–Crippen MR) is 44.4 cm³/mol. The van der Waals surface area contributed by atoms with Crippen molar-refractivity contribution in [3.05, 3.63) is 30.3 Å². The highest BCUT2D eigenvalue weighted by atomic mass is 32.1. The van der Waals surface area contributed by atoms with Crippen molar-refractivity contribution in [3.63, 3.8) is 0 Å². The predicted octanol–water partition coefficient (Wildman–Crippen LogP) is 1.84. The summed E-state index contributed by atoms with van der Waals surface area (Å²) in [5.41, 5.74) is 1.85. The monoisotopic (exact) mass is 153 g/mol. The van der Waals surface area contributed by atoms with Crippen molar-refractivity contribution in [3.8, 4) is 0 Å². The fraction of sp³-hybridized carbons (Fsp3) is 0. The fourth-order valence-electron chi connectivity index (χ4n) is 0.642. The highest BCUT2D eigenvalue weighted by Gasteiger charge is 1.93. The number of hydroxylamine groups is 1. The Balaban J connectivity index is 2.84. The molecule has 1 rings (SSSR count). The van der Waals surface area contributed by atoms with E-state index in [2.05, 4.69) is 12.2 Å². The van der Waals surface area contributed by atoms with Crippen LogP contribution >= 0.6 is 12.2 Å². The Morgan fingerprint density at radius 2 is 1.90 bits per heavy atom. The van der Waals surface area contributed by atoms with Crippen LogP contribution in [0.5, 0.6) is 0 Å². The summed E-state index contributed by atoms with van der Waals surface area (Å²) in [4.78, 5) is 0. The van der Waals surface area contributed by atoms with Crippen LogP contribution in [0.4, 0.5) is 5.69 Å². The lowest BCUT2D eigenvalue weighted by molar-refractivity contribution is 0.319. The number of hydrogen-bond acceptors (Lipinski definition) is 2. The molecule has 0 radical (unpaired) electrons. The molecule has 0 spiro atoms. The second kappa shape index (κ2) is 3.29. The first kappa shape index (κ1) is 7.18. The second-order valence-electron chi connectivity index (χ2n) is 1.79. The van der Waals surface area contributed by atoms with Crippen LogP contribution < -0.4 is 5.06 Å². The van der Waals surface area contributed by atoms with Crippen LogP contribution in [-0.4, -0.2) is 10.7 Å². The lowest BCUT2D eigenvalue weighted by Crippen LogP contribution is -2.12. The summed E-state index contributed by atoms with van der Waals surface area (Å²) in [6.07, 6.45) is 0. The van der Waals surface area contributed by atoms with Gasteiger partial charge in [0, 0.05) is 0 Å². The molecular weight excluding hydrogens is 146 g/mol. The molecule has 0 aliphatic carbocycles. The maximum atomic E-state index is 9.00. The number of rotatable bonds is 2. The number of anilines is 1. The molecule has 0 saturated heterocycles. The van der Waals surface area contributed by atoms with Gasteiger partial charge in [0.25, 0.3) is 0 Å². The quantitative estimate of drug-likeness (QED) is 0.518. The molecule has 2 nitrogen and oxygen atoms in total. The standard InChI is InChI=1S/C7H7NOS/c9-8(6-10)7-4-2-1-3-5-7/h1-6,9H. The van der Waals surface area contributed by atoms with Gasteiger partial charge < -0.3 is 0 Å². The topological polar surface area (TPSA) is 23.5 Å². The van der Waals surface area contributed by atoms with Gasteiger partial charge in [-0.1, -0.05) is 30.4 Å². The van der Waals surface area contributed by atoms with E-state index < -0.39 is 0 Å². The van der Waals surface area contributed by atoms with E-state index in [0.717, 1.165) is 5.06 Å². The molecule has 1 aromatic carbocycles. The lowest BCUT2D eigenvalue weighted by Gasteiger charge is -2.08. The average Bonchev–Trinajstić information content (AvgIpc) is 2.05. The van der Waals surface area contributed by atoms with Gasteiger partial charge in [0.1, 0.15) is 0 Å². The Kier molecular flexibility index (Phi) is 2.36. The lowest BCUT2D eigenvalue weighted by atomic mass is 10.3. The van der Waals surface area contributed by atoms with Crippen LogP contribution in [0.2, 0.25) is 0 Å². The van der Waals surface area contributed by atoms with E-state index in [1.807, 2.05) is 18.2 Å². The maximum Gasteiger partial charge on any atom is 0.0960 e. The maximum absolute atomic E-state index is 9.00. The first-order valence-electron chi connectivity index (χ1n) is 2.83. The van der Waals surface area contributed by atoms with Gasteiger partial charge in [-0.3, -0.25) is 5.21 Å². The molecule has 1 aromatic rings. The van der Waals surface area contributed by atoms with Crippen LogP contribution in [0.15, 0.2) is 30.3 Å². The third-order valence-corrected chi connectivity index (χ3v) is 1.32. The van der Waals surface area contributed by atoms with Gasteiger partial charge in [0.15, 0.2) is 0 Å². The van der Waals surface area contributed by atoms with Gasteiger partial charge in [-0.15, -0.1) is 0 Å². The molecule has 0 amide bonds. The van der Waals surface area contributed by atoms with Crippen LogP contribution in [0.25, 0.3) is 0 Å². The van der Waals surface area contributed by atoms with Crippen molar-refractivity contribution in [1.82, 2.24) is 0 Å². The van der Waals surface area contributed by atoms with E-state index >= 15 is 0 Å². The van der Waals surface area contributed by atoms with Crippen LogP contribution in [0, 0.1) is 0 Å². The number of hydrogen-bond donors (Lipinski definition) is 1. The summed E-state index contributed by atoms with van der Waals surface area (Å²) < 4.78 is 0. The first-order valence-corrected chi connectivity index (χ1v) is 3.30. The zero-order chi connectivity index (χ0) is 7.40. The van der Waals surface area contributed by atoms with Gasteiger partial charge in [0.05, 0.1) is 11.2 Å². The molecule has 0 aliphatic rings. The minimum Gasteiger partial charge on any atom is -0.283 e. The van der Waals surface area contributed by atoms with Gasteiger partial charge in [-0.2, -0.15) is 0 Å². The first-order chi connectivity index (χ1) is 4.84. The summed E-state index contributed by atoms with van der Waals surface area (Å²) in [7, 11) is 0. The van der Waals surface area contributed by atoms with E-state index in [1.165, 1.54) is 5.49 Å². The van der Waals surface area contributed by atoms with E-state index in [9.17, 15) is 0 Å². The normalized spacial score (nSPS) is 8.90. The SMILES string of the molecule is ON(C=S)c1ccccc1. The molecule has 3 heteroatoms. The van der Waals surface area contributed by atoms with Gasteiger partial charge in [0.2, 0.25) is 0 Å². The summed E-state index contributed by atoms with van der Waals surface area (Å²) in [5.74, 6) is 0. The number of thiocarbonyl (C=S) groups is 1. The number of benzene rings is 1. The highest BCUT2D eigenvalue weighted by molar-refractivity contribution is 7.79. The molecule has 0 fully saturated rings. The highest BCUT2D eigenvalue weighted by Crippen LogP contribution is 2.07. The molecule has 52 valence electrons. The third kappa shape index (κ3) is 1.52. The van der Waals surface area contributed by atoms with Gasteiger partial charge >= 0.3 is 0 Å². The molecule has 0 aromatic heterocycles. The van der Waals surface area contributed by atoms with Crippen molar-refractivity contribution < 1.29 is 5.21 Å². The summed E-state index contributed by atoms with van der Waals surface area (Å²) in [5, 5.41) is 9.90. The van der Waals surface area contributed by atoms with Crippen molar-refractivity contribution in [2.75, 3.05) is 5.06 Å². The zero-order valence-corrected chi connectivity index (χ0v) is 6.08. The minimum atomic E-state index is 0.678. The van der Waals surface area contributed by atoms with Crippen molar-refractivity contribution in [2.45, 2.75) is 0 Å². The van der Waals surface area contributed by atoms with Crippen LogP contribution in [0.3, 0.4) is 0 Å². The molecule has 0 saturated carbocycles. The molecule has 0 unspecified atom stereocenters. The van der Waals surface area contributed by atoms with E-state index in [0.29, 0.717) is 5.69 Å². The Morgan fingerprint density at radius 1 is 1.30 bits per heavy atom. The van der Waals surface area contributed by atoms with E-state index in [1.54, 1.807) is 12.1 Å². The van der Waals surface area contributed by atoms with Crippen molar-refractivity contribution in [2.24, 2.45) is 0 Å². The molecule has 0 heterocycles. The Labute approximate surface area is 64.7 Å². The average molecular weight is 153 g/mol. The van der Waals surface area contributed by atoms with E-state index in [-0.39, 0.29) is 0 Å².